The highest BCUT2D eigenvalue weighted by Crippen LogP contribution is 2.13. The van der Waals surface area contributed by atoms with Gasteiger partial charge >= 0.3 is 0 Å². The van der Waals surface area contributed by atoms with Gasteiger partial charge in [0.1, 0.15) is 5.78 Å². The predicted octanol–water partition coefficient (Wildman–Crippen LogP) is 1.40. The van der Waals surface area contributed by atoms with Crippen molar-refractivity contribution in [1.29, 1.82) is 0 Å². The molecule has 0 atom stereocenters. The highest BCUT2D eigenvalue weighted by molar-refractivity contribution is 5.77. The highest BCUT2D eigenvalue weighted by atomic mass is 16.5. The first-order chi connectivity index (χ1) is 8.49. The molecule has 18 heavy (non-hydrogen) atoms. The smallest absolute Gasteiger partial charge is 0.143 e. The fraction of sp³-hybridized carbons (Fsp3) is 0.929. The molecule has 0 N–H and O–H groups in total. The van der Waals surface area contributed by atoms with Gasteiger partial charge in [-0.25, -0.2) is 0 Å². The van der Waals surface area contributed by atoms with Crippen LogP contribution < -0.4 is 0 Å². The van der Waals surface area contributed by atoms with Gasteiger partial charge in [-0.05, 0) is 40.7 Å². The zero-order valence-electron chi connectivity index (χ0n) is 12.3. The van der Waals surface area contributed by atoms with Crippen LogP contribution in [-0.2, 0) is 9.53 Å². The molecule has 1 fully saturated rings. The van der Waals surface area contributed by atoms with Crippen LogP contribution in [-0.4, -0.2) is 67.6 Å². The van der Waals surface area contributed by atoms with Crippen LogP contribution in [0.1, 0.15) is 33.6 Å². The molecule has 0 radical (unpaired) electrons. The minimum Gasteiger partial charge on any atom is -0.377 e. The number of rotatable bonds is 7. The average molecular weight is 256 g/mol. The van der Waals surface area contributed by atoms with Crippen molar-refractivity contribution in [2.75, 3.05) is 39.8 Å². The molecule has 0 spiro atoms. The van der Waals surface area contributed by atoms with Crippen molar-refractivity contribution in [3.05, 3.63) is 0 Å². The van der Waals surface area contributed by atoms with E-state index in [2.05, 4.69) is 30.7 Å². The van der Waals surface area contributed by atoms with Crippen molar-refractivity contribution in [1.82, 2.24) is 9.80 Å². The zero-order chi connectivity index (χ0) is 13.5. The van der Waals surface area contributed by atoms with E-state index >= 15 is 0 Å². The molecule has 1 saturated heterocycles. The van der Waals surface area contributed by atoms with Gasteiger partial charge in [-0.1, -0.05) is 0 Å². The summed E-state index contributed by atoms with van der Waals surface area (Å²) in [7, 11) is 2.13. The van der Waals surface area contributed by atoms with E-state index in [1.54, 1.807) is 6.92 Å². The van der Waals surface area contributed by atoms with Crippen LogP contribution in [0, 0.1) is 0 Å². The monoisotopic (exact) mass is 256 g/mol. The summed E-state index contributed by atoms with van der Waals surface area (Å²) in [5.74, 6) is 0.257. The number of carbonyl (C=O) groups excluding carboxylic acids is 1. The minimum absolute atomic E-state index is 0.257. The molecule has 1 aliphatic heterocycles. The summed E-state index contributed by atoms with van der Waals surface area (Å²) in [6.07, 6.45) is 2.49. The number of Topliss-reactive ketones (excluding diaryl/α,β-unsaturated/α-hetero) is 1. The van der Waals surface area contributed by atoms with Crippen molar-refractivity contribution >= 4 is 5.78 Å². The first kappa shape index (κ1) is 15.6. The lowest BCUT2D eigenvalue weighted by Gasteiger charge is -2.31. The maximum Gasteiger partial charge on any atom is 0.143 e. The topological polar surface area (TPSA) is 32.8 Å². The second-order valence-corrected chi connectivity index (χ2v) is 5.62. The van der Waals surface area contributed by atoms with E-state index in [0.29, 0.717) is 18.7 Å². The van der Waals surface area contributed by atoms with Crippen LogP contribution in [0.25, 0.3) is 0 Å². The Balaban J connectivity index is 2.10. The normalized spacial score (nSPS) is 18.8. The maximum absolute atomic E-state index is 11.0. The van der Waals surface area contributed by atoms with Gasteiger partial charge in [0, 0.05) is 25.7 Å². The molecule has 4 heteroatoms. The molecule has 0 aromatic heterocycles. The Hall–Kier alpha value is -0.450. The number of piperidine rings is 1. The molecule has 4 nitrogen and oxygen atoms in total. The molecule has 1 heterocycles. The zero-order valence-corrected chi connectivity index (χ0v) is 12.3. The van der Waals surface area contributed by atoms with Gasteiger partial charge in [0.05, 0.1) is 19.3 Å². The number of hydrogen-bond donors (Lipinski definition) is 0. The van der Waals surface area contributed by atoms with Crippen molar-refractivity contribution in [3.8, 4) is 0 Å². The summed E-state index contributed by atoms with van der Waals surface area (Å²) in [5, 5.41) is 0. The molecule has 1 aliphatic rings. The largest absolute Gasteiger partial charge is 0.377 e. The van der Waals surface area contributed by atoms with Gasteiger partial charge in [0.25, 0.3) is 0 Å². The molecular formula is C14H28N2O2. The highest BCUT2D eigenvalue weighted by Gasteiger charge is 2.20. The van der Waals surface area contributed by atoms with Crippen LogP contribution >= 0.6 is 0 Å². The summed E-state index contributed by atoms with van der Waals surface area (Å²) in [5.41, 5.74) is 0. The van der Waals surface area contributed by atoms with Gasteiger partial charge < -0.3 is 9.64 Å². The molecule has 0 aromatic rings. The minimum atomic E-state index is 0.257. The molecule has 106 valence electrons. The lowest BCUT2D eigenvalue weighted by molar-refractivity contribution is -0.118. The third-order valence-corrected chi connectivity index (χ3v) is 3.66. The lowest BCUT2D eigenvalue weighted by Crippen LogP contribution is -2.40. The Morgan fingerprint density at radius 3 is 2.50 bits per heavy atom. The molecular weight excluding hydrogens is 228 g/mol. The van der Waals surface area contributed by atoms with Crippen LogP contribution in [0.4, 0.5) is 0 Å². The number of likely N-dealkylation sites (tertiary alicyclic amines) is 1. The van der Waals surface area contributed by atoms with Gasteiger partial charge in [0.15, 0.2) is 0 Å². The Kier molecular flexibility index (Phi) is 6.82. The van der Waals surface area contributed by atoms with E-state index in [1.165, 1.54) is 0 Å². The number of hydrogen-bond acceptors (Lipinski definition) is 4. The summed E-state index contributed by atoms with van der Waals surface area (Å²) in [6, 6.07) is 0.575. The molecule has 0 amide bonds. The Morgan fingerprint density at radius 1 is 1.39 bits per heavy atom. The first-order valence-corrected chi connectivity index (χ1v) is 7.02. The summed E-state index contributed by atoms with van der Waals surface area (Å²) in [6.45, 7) is 10.4. The van der Waals surface area contributed by atoms with Crippen molar-refractivity contribution < 1.29 is 9.53 Å². The van der Waals surface area contributed by atoms with Crippen LogP contribution in [0.5, 0.6) is 0 Å². The maximum atomic E-state index is 11.0. The van der Waals surface area contributed by atoms with Crippen LogP contribution in [0.15, 0.2) is 0 Å². The number of nitrogens with zero attached hydrogens (tertiary/aromatic N) is 2. The first-order valence-electron chi connectivity index (χ1n) is 7.02. The van der Waals surface area contributed by atoms with Crippen molar-refractivity contribution in [2.24, 2.45) is 0 Å². The van der Waals surface area contributed by atoms with Crippen LogP contribution in [0.3, 0.4) is 0 Å². The van der Waals surface area contributed by atoms with Gasteiger partial charge in [-0.2, -0.15) is 0 Å². The Bertz CT molecular complexity index is 248. The van der Waals surface area contributed by atoms with Crippen molar-refractivity contribution in [2.45, 2.75) is 45.8 Å². The Labute approximate surface area is 111 Å². The molecule has 0 unspecified atom stereocenters. The number of carbonyl (C=O) groups is 1. The van der Waals surface area contributed by atoms with Gasteiger partial charge in [-0.3, -0.25) is 9.69 Å². The van der Waals surface area contributed by atoms with Gasteiger partial charge in [0.2, 0.25) is 0 Å². The van der Waals surface area contributed by atoms with E-state index in [4.69, 9.17) is 4.74 Å². The van der Waals surface area contributed by atoms with Crippen molar-refractivity contribution in [3.63, 3.8) is 0 Å². The van der Waals surface area contributed by atoms with E-state index in [0.717, 1.165) is 39.1 Å². The Morgan fingerprint density at radius 2 is 2.00 bits per heavy atom. The third-order valence-electron chi connectivity index (χ3n) is 3.66. The predicted molar refractivity (Wildman–Crippen MR) is 73.9 cm³/mol. The van der Waals surface area contributed by atoms with E-state index in [-0.39, 0.29) is 5.78 Å². The molecule has 0 saturated carbocycles. The average Bonchev–Trinajstić information content (AvgIpc) is 2.30. The van der Waals surface area contributed by atoms with Crippen LogP contribution in [0.2, 0.25) is 0 Å². The summed E-state index contributed by atoms with van der Waals surface area (Å²) >= 11 is 0. The van der Waals surface area contributed by atoms with E-state index in [1.807, 2.05) is 0 Å². The second kappa shape index (κ2) is 7.87. The standard InChI is InChI=1S/C14H28N2O2/c1-12(2)15(4)9-10-18-14-5-7-16(8-6-14)11-13(3)17/h12,14H,5-11H2,1-4H3. The molecule has 0 aliphatic carbocycles. The van der Waals surface area contributed by atoms with Gasteiger partial charge in [-0.15, -0.1) is 0 Å². The summed E-state index contributed by atoms with van der Waals surface area (Å²) in [4.78, 5) is 15.5. The summed E-state index contributed by atoms with van der Waals surface area (Å²) < 4.78 is 5.90. The van der Waals surface area contributed by atoms with E-state index in [9.17, 15) is 4.79 Å². The number of ketones is 1. The fourth-order valence-electron chi connectivity index (χ4n) is 2.17. The molecule has 1 rings (SSSR count). The number of ether oxygens (including phenoxy) is 1. The fourth-order valence-corrected chi connectivity index (χ4v) is 2.17. The third kappa shape index (κ3) is 5.94. The molecule has 0 aromatic carbocycles. The quantitative estimate of drug-likeness (QED) is 0.689. The number of likely N-dealkylation sites (N-methyl/N-ethyl adjacent to an activating group) is 1. The molecule has 0 bridgehead atoms. The van der Waals surface area contributed by atoms with E-state index < -0.39 is 0 Å². The SMILES string of the molecule is CC(=O)CN1CCC(OCCN(C)C(C)C)CC1. The lowest BCUT2D eigenvalue weighted by atomic mass is 10.1. The second-order valence-electron chi connectivity index (χ2n) is 5.62.